The number of nitrogens with zero attached hydrogens (tertiary/aromatic N) is 1. The van der Waals surface area contributed by atoms with Crippen LogP contribution < -0.4 is 0 Å². The van der Waals surface area contributed by atoms with E-state index < -0.39 is 0 Å². The maximum Gasteiger partial charge on any atom is 0.128 e. The summed E-state index contributed by atoms with van der Waals surface area (Å²) >= 11 is 6.79. The summed E-state index contributed by atoms with van der Waals surface area (Å²) < 4.78 is 14.5. The molecule has 1 heterocycles. The van der Waals surface area contributed by atoms with Crippen molar-refractivity contribution in [2.24, 2.45) is 0 Å². The van der Waals surface area contributed by atoms with Crippen molar-refractivity contribution in [3.05, 3.63) is 34.1 Å². The summed E-state index contributed by atoms with van der Waals surface area (Å²) in [5.41, 5.74) is 0.788. The normalized spacial score (nSPS) is 21.6. The van der Waals surface area contributed by atoms with E-state index in [0.717, 1.165) is 28.5 Å². The highest BCUT2D eigenvalue weighted by molar-refractivity contribution is 9.10. The molecule has 1 unspecified atom stereocenters. The molecule has 88 valence electrons. The van der Waals surface area contributed by atoms with E-state index in [1.807, 2.05) is 12.1 Å². The van der Waals surface area contributed by atoms with E-state index in [1.165, 1.54) is 18.9 Å². The average Bonchev–Trinajstić information content (AvgIpc) is 2.69. The second-order valence-electron chi connectivity index (χ2n) is 4.16. The van der Waals surface area contributed by atoms with E-state index in [4.69, 9.17) is 0 Å². The fraction of sp³-hybridized carbons (Fsp3) is 0.500. The van der Waals surface area contributed by atoms with Gasteiger partial charge in [0, 0.05) is 28.0 Å². The van der Waals surface area contributed by atoms with Crippen molar-refractivity contribution in [1.29, 1.82) is 0 Å². The lowest BCUT2D eigenvalue weighted by atomic mass is 10.2. The van der Waals surface area contributed by atoms with Crippen molar-refractivity contribution in [3.63, 3.8) is 0 Å². The predicted molar refractivity (Wildman–Crippen MR) is 71.3 cm³/mol. The van der Waals surface area contributed by atoms with Crippen LogP contribution in [0.3, 0.4) is 0 Å². The molecule has 1 aliphatic heterocycles. The largest absolute Gasteiger partial charge is 0.295 e. The van der Waals surface area contributed by atoms with Gasteiger partial charge in [-0.15, -0.1) is 0 Å². The van der Waals surface area contributed by atoms with E-state index in [9.17, 15) is 4.39 Å². The number of benzene rings is 1. The zero-order chi connectivity index (χ0) is 11.5. The van der Waals surface area contributed by atoms with Gasteiger partial charge < -0.3 is 0 Å². The zero-order valence-electron chi connectivity index (χ0n) is 8.93. The topological polar surface area (TPSA) is 3.24 Å². The van der Waals surface area contributed by atoms with Crippen molar-refractivity contribution in [1.82, 2.24) is 4.90 Å². The average molecular weight is 351 g/mol. The molecule has 0 amide bonds. The van der Waals surface area contributed by atoms with Crippen molar-refractivity contribution >= 4 is 31.9 Å². The Morgan fingerprint density at radius 2 is 2.25 bits per heavy atom. The molecule has 0 radical (unpaired) electrons. The number of rotatable bonds is 3. The number of hydrogen-bond donors (Lipinski definition) is 0. The second-order valence-corrected chi connectivity index (χ2v) is 5.72. The standard InChI is InChI=1S/C12H14Br2FN/c13-7-11-2-1-5-16(11)8-9-3-4-10(14)6-12(9)15/h3-4,6,11H,1-2,5,7-8H2. The van der Waals surface area contributed by atoms with Crippen LogP contribution in [0.1, 0.15) is 18.4 Å². The van der Waals surface area contributed by atoms with Crippen LogP contribution in [0, 0.1) is 5.82 Å². The van der Waals surface area contributed by atoms with Gasteiger partial charge in [0.25, 0.3) is 0 Å². The molecule has 1 saturated heterocycles. The Morgan fingerprint density at radius 1 is 1.44 bits per heavy atom. The summed E-state index contributed by atoms with van der Waals surface area (Å²) in [7, 11) is 0. The molecule has 1 aliphatic rings. The first-order chi connectivity index (χ1) is 7.70. The molecule has 16 heavy (non-hydrogen) atoms. The molecule has 4 heteroatoms. The molecule has 0 bridgehead atoms. The number of halogens is 3. The van der Waals surface area contributed by atoms with Crippen LogP contribution in [0.15, 0.2) is 22.7 Å². The Labute approximate surface area is 112 Å². The minimum absolute atomic E-state index is 0.116. The van der Waals surface area contributed by atoms with Crippen molar-refractivity contribution in [3.8, 4) is 0 Å². The Balaban J connectivity index is 2.08. The Morgan fingerprint density at radius 3 is 2.94 bits per heavy atom. The van der Waals surface area contributed by atoms with Gasteiger partial charge in [0.05, 0.1) is 0 Å². The van der Waals surface area contributed by atoms with Crippen LogP contribution in [0.5, 0.6) is 0 Å². The highest BCUT2D eigenvalue weighted by Crippen LogP contribution is 2.23. The molecule has 0 spiro atoms. The van der Waals surface area contributed by atoms with Gasteiger partial charge >= 0.3 is 0 Å². The summed E-state index contributed by atoms with van der Waals surface area (Å²) in [5, 5.41) is 0.977. The summed E-state index contributed by atoms with van der Waals surface area (Å²) in [6.45, 7) is 1.79. The summed E-state index contributed by atoms with van der Waals surface area (Å²) in [4.78, 5) is 2.35. The van der Waals surface area contributed by atoms with Crippen LogP contribution in [0.25, 0.3) is 0 Å². The fourth-order valence-electron chi connectivity index (χ4n) is 2.15. The third-order valence-electron chi connectivity index (χ3n) is 3.07. The summed E-state index contributed by atoms with van der Waals surface area (Å²) in [6, 6.07) is 5.86. The predicted octanol–water partition coefficient (Wildman–Crippen LogP) is 3.95. The van der Waals surface area contributed by atoms with E-state index in [2.05, 4.69) is 36.8 Å². The van der Waals surface area contributed by atoms with Crippen LogP contribution in [-0.4, -0.2) is 22.8 Å². The highest BCUT2D eigenvalue weighted by Gasteiger charge is 2.23. The lowest BCUT2D eigenvalue weighted by molar-refractivity contribution is 0.261. The van der Waals surface area contributed by atoms with Crippen LogP contribution in [0.2, 0.25) is 0 Å². The molecule has 0 aromatic heterocycles. The van der Waals surface area contributed by atoms with Crippen LogP contribution >= 0.6 is 31.9 Å². The smallest absolute Gasteiger partial charge is 0.128 e. The minimum atomic E-state index is -0.116. The van der Waals surface area contributed by atoms with Gasteiger partial charge in [-0.1, -0.05) is 37.9 Å². The van der Waals surface area contributed by atoms with Crippen LogP contribution in [0.4, 0.5) is 4.39 Å². The van der Waals surface area contributed by atoms with Gasteiger partial charge in [-0.2, -0.15) is 0 Å². The lowest BCUT2D eigenvalue weighted by Crippen LogP contribution is -2.30. The molecule has 1 fully saturated rings. The number of alkyl halides is 1. The van der Waals surface area contributed by atoms with E-state index in [1.54, 1.807) is 0 Å². The molecule has 1 aromatic rings. The van der Waals surface area contributed by atoms with Crippen molar-refractivity contribution in [2.45, 2.75) is 25.4 Å². The first-order valence-corrected chi connectivity index (χ1v) is 7.36. The summed E-state index contributed by atoms with van der Waals surface area (Å²) in [6.07, 6.45) is 2.43. The first kappa shape index (κ1) is 12.5. The molecule has 2 rings (SSSR count). The minimum Gasteiger partial charge on any atom is -0.295 e. The van der Waals surface area contributed by atoms with Crippen LogP contribution in [-0.2, 0) is 6.54 Å². The van der Waals surface area contributed by atoms with E-state index in [-0.39, 0.29) is 5.82 Å². The fourth-order valence-corrected chi connectivity index (χ4v) is 3.21. The number of hydrogen-bond acceptors (Lipinski definition) is 1. The highest BCUT2D eigenvalue weighted by atomic mass is 79.9. The van der Waals surface area contributed by atoms with Crippen molar-refractivity contribution < 1.29 is 4.39 Å². The van der Waals surface area contributed by atoms with Gasteiger partial charge in [-0.3, -0.25) is 4.90 Å². The van der Waals surface area contributed by atoms with Gasteiger partial charge in [0.2, 0.25) is 0 Å². The Hall–Kier alpha value is 0.0700. The molecular weight excluding hydrogens is 337 g/mol. The zero-order valence-corrected chi connectivity index (χ0v) is 12.1. The molecule has 1 atom stereocenters. The van der Waals surface area contributed by atoms with E-state index >= 15 is 0 Å². The Bertz CT molecular complexity index is 370. The Kier molecular flexibility index (Phi) is 4.39. The molecule has 0 aliphatic carbocycles. The molecular formula is C12H14Br2FN. The second kappa shape index (κ2) is 5.61. The summed E-state index contributed by atoms with van der Waals surface area (Å²) in [5.74, 6) is -0.116. The van der Waals surface area contributed by atoms with E-state index in [0.29, 0.717) is 6.04 Å². The molecule has 1 nitrogen and oxygen atoms in total. The molecule has 1 aromatic carbocycles. The van der Waals surface area contributed by atoms with Gasteiger partial charge in [-0.25, -0.2) is 4.39 Å². The first-order valence-electron chi connectivity index (χ1n) is 5.44. The van der Waals surface area contributed by atoms with Crippen molar-refractivity contribution in [2.75, 3.05) is 11.9 Å². The molecule has 0 saturated carbocycles. The quantitative estimate of drug-likeness (QED) is 0.746. The SMILES string of the molecule is Fc1cc(Br)ccc1CN1CCCC1CBr. The third-order valence-corrected chi connectivity index (χ3v) is 4.31. The van der Waals surface area contributed by atoms with Gasteiger partial charge in [-0.05, 0) is 31.5 Å². The van der Waals surface area contributed by atoms with Gasteiger partial charge in [0.1, 0.15) is 5.82 Å². The third kappa shape index (κ3) is 2.84. The lowest BCUT2D eigenvalue weighted by Gasteiger charge is -2.22. The molecule has 0 N–H and O–H groups in total. The maximum absolute atomic E-state index is 13.7. The van der Waals surface area contributed by atoms with Gasteiger partial charge in [0.15, 0.2) is 0 Å². The number of likely N-dealkylation sites (tertiary alicyclic amines) is 1. The monoisotopic (exact) mass is 349 g/mol. The maximum atomic E-state index is 13.7.